The van der Waals surface area contributed by atoms with E-state index in [-0.39, 0.29) is 31.2 Å². The van der Waals surface area contributed by atoms with Gasteiger partial charge in [0, 0.05) is 43.0 Å². The number of halogens is 1. The van der Waals surface area contributed by atoms with Crippen LogP contribution in [0.3, 0.4) is 0 Å². The average Bonchev–Trinajstić information content (AvgIpc) is 2.85. The third-order valence-electron chi connectivity index (χ3n) is 6.46. The van der Waals surface area contributed by atoms with E-state index in [0.29, 0.717) is 56.5 Å². The van der Waals surface area contributed by atoms with Gasteiger partial charge in [-0.05, 0) is 42.7 Å². The van der Waals surface area contributed by atoms with Crippen molar-refractivity contribution in [2.45, 2.75) is 25.0 Å². The number of benzene rings is 2. The first-order valence-electron chi connectivity index (χ1n) is 11.6. The van der Waals surface area contributed by atoms with Crippen molar-refractivity contribution in [1.29, 1.82) is 0 Å². The summed E-state index contributed by atoms with van der Waals surface area (Å²) in [7, 11) is -3.54. The van der Waals surface area contributed by atoms with Gasteiger partial charge < -0.3 is 14.4 Å². The quantitative estimate of drug-likeness (QED) is 0.547. The van der Waals surface area contributed by atoms with Gasteiger partial charge in [0.15, 0.2) is 0 Å². The molecule has 1 unspecified atom stereocenters. The van der Waals surface area contributed by atoms with E-state index in [1.807, 2.05) is 35.2 Å². The van der Waals surface area contributed by atoms with Crippen molar-refractivity contribution < 1.29 is 22.7 Å². The Bertz CT molecular complexity index is 1060. The van der Waals surface area contributed by atoms with Gasteiger partial charge in [-0.2, -0.15) is 0 Å². The fraction of sp³-hybridized carbons (Fsp3) is 0.480. The number of hydrogen-bond donors (Lipinski definition) is 0. The zero-order valence-electron chi connectivity index (χ0n) is 19.2. The zero-order valence-corrected chi connectivity index (χ0v) is 20.8. The highest BCUT2D eigenvalue weighted by molar-refractivity contribution is 7.88. The molecule has 0 spiro atoms. The molecular weight excluding hydrogens is 476 g/mol. The Hall–Kier alpha value is -2.13. The normalized spacial score (nSPS) is 21.9. The summed E-state index contributed by atoms with van der Waals surface area (Å²) in [6.07, 6.45) is 1.63. The van der Waals surface area contributed by atoms with Crippen LogP contribution in [-0.4, -0.2) is 69.5 Å². The molecule has 0 bridgehead atoms. The van der Waals surface area contributed by atoms with E-state index in [1.54, 1.807) is 28.6 Å². The summed E-state index contributed by atoms with van der Waals surface area (Å²) < 4.78 is 39.6. The number of sulfonamides is 1. The predicted molar refractivity (Wildman–Crippen MR) is 131 cm³/mol. The number of ether oxygens (including phenoxy) is 2. The zero-order chi connectivity index (χ0) is 24.0. The van der Waals surface area contributed by atoms with Gasteiger partial charge in [0.1, 0.15) is 5.75 Å². The Balaban J connectivity index is 1.53. The molecule has 0 saturated carbocycles. The van der Waals surface area contributed by atoms with Crippen LogP contribution in [0, 0.1) is 5.41 Å². The molecule has 4 rings (SSSR count). The van der Waals surface area contributed by atoms with Crippen molar-refractivity contribution >= 4 is 27.5 Å². The van der Waals surface area contributed by atoms with Gasteiger partial charge in [-0.3, -0.25) is 4.79 Å². The lowest BCUT2D eigenvalue weighted by molar-refractivity contribution is -0.139. The van der Waals surface area contributed by atoms with Gasteiger partial charge in [-0.15, -0.1) is 0 Å². The molecule has 2 fully saturated rings. The smallest absolute Gasteiger partial charge is 0.223 e. The Morgan fingerprint density at radius 3 is 2.44 bits per heavy atom. The molecule has 2 aromatic carbocycles. The van der Waals surface area contributed by atoms with Crippen LogP contribution in [0.5, 0.6) is 5.75 Å². The number of amides is 1. The second-order valence-corrected chi connectivity index (χ2v) is 11.5. The first-order chi connectivity index (χ1) is 16.4. The van der Waals surface area contributed by atoms with Crippen LogP contribution in [0.4, 0.5) is 0 Å². The molecule has 0 radical (unpaired) electrons. The summed E-state index contributed by atoms with van der Waals surface area (Å²) >= 11 is 5.99. The predicted octanol–water partition coefficient (Wildman–Crippen LogP) is 3.58. The van der Waals surface area contributed by atoms with E-state index in [1.165, 1.54) is 0 Å². The molecule has 0 N–H and O–H groups in total. The number of hydrogen-bond acceptors (Lipinski definition) is 5. The maximum atomic E-state index is 13.3. The number of nitrogens with zero attached hydrogens (tertiary/aromatic N) is 2. The highest BCUT2D eigenvalue weighted by atomic mass is 35.5. The Labute approximate surface area is 206 Å². The minimum absolute atomic E-state index is 0.0188. The summed E-state index contributed by atoms with van der Waals surface area (Å²) in [6.45, 7) is 3.12. The lowest BCUT2D eigenvalue weighted by Gasteiger charge is -2.42. The number of carbonyl (C=O) groups is 1. The lowest BCUT2D eigenvalue weighted by atomic mass is 9.78. The molecule has 0 aromatic heterocycles. The second kappa shape index (κ2) is 11.1. The molecule has 1 amide bonds. The SMILES string of the molecule is O=C(CC1(COc2ccc(Cl)cc2)CCCN(S(=O)(=O)Cc2ccccc2)C1)N1CCOCC1. The number of carbonyl (C=O) groups excluding carboxylic acids is 1. The molecule has 184 valence electrons. The summed E-state index contributed by atoms with van der Waals surface area (Å²) in [5.74, 6) is 0.608. The van der Waals surface area contributed by atoms with Crippen LogP contribution in [0.15, 0.2) is 54.6 Å². The molecule has 1 atom stereocenters. The standard InChI is InChI=1S/C25H31ClN2O5S/c26-22-7-9-23(10-8-22)33-20-25(17-24(29)27-13-15-32-16-14-27)11-4-12-28(19-25)34(30,31)18-21-5-2-1-3-6-21/h1-3,5-10H,4,11-20H2. The van der Waals surface area contributed by atoms with Crippen molar-refractivity contribution in [3.05, 3.63) is 65.2 Å². The fourth-order valence-corrected chi connectivity index (χ4v) is 6.40. The summed E-state index contributed by atoms with van der Waals surface area (Å²) in [5, 5.41) is 0.611. The molecule has 0 aliphatic carbocycles. The molecule has 2 aromatic rings. The van der Waals surface area contributed by atoms with E-state index in [2.05, 4.69) is 0 Å². The van der Waals surface area contributed by atoms with Crippen LogP contribution in [-0.2, 0) is 25.3 Å². The molecule has 34 heavy (non-hydrogen) atoms. The summed E-state index contributed by atoms with van der Waals surface area (Å²) in [5.41, 5.74) is 0.136. The molecule has 2 heterocycles. The largest absolute Gasteiger partial charge is 0.493 e. The van der Waals surface area contributed by atoms with E-state index < -0.39 is 15.4 Å². The van der Waals surface area contributed by atoms with E-state index >= 15 is 0 Å². The van der Waals surface area contributed by atoms with Gasteiger partial charge in [-0.1, -0.05) is 41.9 Å². The number of piperidine rings is 1. The average molecular weight is 507 g/mol. The van der Waals surface area contributed by atoms with Gasteiger partial charge in [0.05, 0.1) is 25.6 Å². The van der Waals surface area contributed by atoms with Crippen molar-refractivity contribution in [3.8, 4) is 5.75 Å². The highest BCUT2D eigenvalue weighted by Crippen LogP contribution is 2.37. The van der Waals surface area contributed by atoms with Crippen LogP contribution >= 0.6 is 11.6 Å². The Kier molecular flexibility index (Phi) is 8.14. The maximum Gasteiger partial charge on any atom is 0.223 e. The number of rotatable bonds is 8. The topological polar surface area (TPSA) is 76.2 Å². The maximum absolute atomic E-state index is 13.3. The number of morpholine rings is 1. The minimum Gasteiger partial charge on any atom is -0.493 e. The molecule has 9 heteroatoms. The molecule has 2 aliphatic heterocycles. The third-order valence-corrected chi connectivity index (χ3v) is 8.51. The lowest BCUT2D eigenvalue weighted by Crippen LogP contribution is -2.52. The van der Waals surface area contributed by atoms with E-state index in [4.69, 9.17) is 21.1 Å². The third kappa shape index (κ3) is 6.50. The highest BCUT2D eigenvalue weighted by Gasteiger charge is 2.42. The van der Waals surface area contributed by atoms with Crippen LogP contribution in [0.25, 0.3) is 0 Å². The second-order valence-electron chi connectivity index (χ2n) is 9.09. The molecule has 7 nitrogen and oxygen atoms in total. The van der Waals surface area contributed by atoms with Crippen molar-refractivity contribution in [3.63, 3.8) is 0 Å². The van der Waals surface area contributed by atoms with Crippen LogP contribution in [0.1, 0.15) is 24.8 Å². The Morgan fingerprint density at radius 2 is 1.74 bits per heavy atom. The monoisotopic (exact) mass is 506 g/mol. The summed E-state index contributed by atoms with van der Waals surface area (Å²) in [6, 6.07) is 16.3. The Morgan fingerprint density at radius 1 is 1.03 bits per heavy atom. The molecular formula is C25H31ClN2O5S. The van der Waals surface area contributed by atoms with Crippen LogP contribution in [0.2, 0.25) is 5.02 Å². The molecule has 2 saturated heterocycles. The first kappa shape index (κ1) is 25.0. The summed E-state index contributed by atoms with van der Waals surface area (Å²) in [4.78, 5) is 15.0. The van der Waals surface area contributed by atoms with Crippen molar-refractivity contribution in [2.24, 2.45) is 5.41 Å². The van der Waals surface area contributed by atoms with Gasteiger partial charge in [0.2, 0.25) is 15.9 Å². The van der Waals surface area contributed by atoms with Crippen molar-refractivity contribution in [2.75, 3.05) is 46.0 Å². The van der Waals surface area contributed by atoms with Crippen molar-refractivity contribution in [1.82, 2.24) is 9.21 Å². The minimum atomic E-state index is -3.54. The fourth-order valence-electron chi connectivity index (χ4n) is 4.60. The van der Waals surface area contributed by atoms with Gasteiger partial charge >= 0.3 is 0 Å². The van der Waals surface area contributed by atoms with E-state index in [0.717, 1.165) is 5.56 Å². The van der Waals surface area contributed by atoms with Gasteiger partial charge in [-0.25, -0.2) is 12.7 Å². The molecule has 2 aliphatic rings. The van der Waals surface area contributed by atoms with Gasteiger partial charge in [0.25, 0.3) is 0 Å². The van der Waals surface area contributed by atoms with Crippen LogP contribution < -0.4 is 4.74 Å². The van der Waals surface area contributed by atoms with E-state index in [9.17, 15) is 13.2 Å². The first-order valence-corrected chi connectivity index (χ1v) is 13.6.